The summed E-state index contributed by atoms with van der Waals surface area (Å²) in [5.74, 6) is 1.28. The Morgan fingerprint density at radius 1 is 0.939 bits per heavy atom. The Bertz CT molecular complexity index is 1250. The molecule has 1 amide bonds. The number of carbonyl (C=O) groups is 1. The molecule has 2 heterocycles. The molecule has 0 radical (unpaired) electrons. The second-order valence-electron chi connectivity index (χ2n) is 7.95. The molecule has 3 aromatic carbocycles. The van der Waals surface area contributed by atoms with Crippen LogP contribution in [0.2, 0.25) is 0 Å². The number of furan rings is 1. The van der Waals surface area contributed by atoms with Crippen molar-refractivity contribution in [2.24, 2.45) is 0 Å². The molecule has 1 aliphatic rings. The van der Waals surface area contributed by atoms with Crippen LogP contribution in [-0.4, -0.2) is 44.2 Å². The molecule has 1 saturated heterocycles. The maximum Gasteiger partial charge on any atom is 0.255 e. The van der Waals surface area contributed by atoms with Gasteiger partial charge in [-0.15, -0.1) is 0 Å². The number of fused-ring (bicyclic) bond motifs is 1. The Balaban J connectivity index is 1.66. The predicted molar refractivity (Wildman–Crippen MR) is 128 cm³/mol. The molecule has 0 bridgehead atoms. The molecule has 1 aromatic heterocycles. The van der Waals surface area contributed by atoms with Gasteiger partial charge in [0.05, 0.1) is 32.1 Å². The van der Waals surface area contributed by atoms with Crippen LogP contribution in [0.25, 0.3) is 11.0 Å². The maximum absolute atomic E-state index is 13.2. The van der Waals surface area contributed by atoms with Crippen LogP contribution >= 0.6 is 0 Å². The third-order valence-corrected chi connectivity index (χ3v) is 5.99. The fourth-order valence-corrected chi connectivity index (χ4v) is 4.39. The fourth-order valence-electron chi connectivity index (χ4n) is 4.39. The number of ether oxygens (including phenoxy) is 2. The van der Waals surface area contributed by atoms with Gasteiger partial charge in [0.15, 0.2) is 5.76 Å². The molecule has 5 rings (SSSR count). The van der Waals surface area contributed by atoms with Crippen molar-refractivity contribution in [3.05, 3.63) is 95.7 Å². The Morgan fingerprint density at radius 3 is 2.42 bits per heavy atom. The van der Waals surface area contributed by atoms with Gasteiger partial charge in [0.25, 0.3) is 5.91 Å². The van der Waals surface area contributed by atoms with Gasteiger partial charge in [-0.3, -0.25) is 9.69 Å². The molecule has 1 fully saturated rings. The van der Waals surface area contributed by atoms with Crippen molar-refractivity contribution in [3.8, 4) is 5.75 Å². The SMILES string of the molecule is COc1ccccc1[C@@H](c1oc2ccccc2c1NC(=O)c1ccccc1)N1CCOCC1. The second-order valence-corrected chi connectivity index (χ2v) is 7.95. The summed E-state index contributed by atoms with van der Waals surface area (Å²) in [4.78, 5) is 15.5. The minimum absolute atomic E-state index is 0.177. The Kier molecular flexibility index (Phi) is 6.11. The fraction of sp³-hybridized carbons (Fsp3) is 0.222. The van der Waals surface area contributed by atoms with Gasteiger partial charge in [-0.2, -0.15) is 0 Å². The van der Waals surface area contributed by atoms with Gasteiger partial charge in [0, 0.05) is 29.6 Å². The number of rotatable bonds is 6. The standard InChI is InChI=1S/C27H26N2O4/c1-31-22-13-7-6-12-21(22)25(29-15-17-32-18-16-29)26-24(20-11-5-8-14-23(20)33-26)28-27(30)19-9-3-2-4-10-19/h2-14,25H,15-18H2,1H3,(H,28,30)/t25-/m0/s1. The van der Waals surface area contributed by atoms with E-state index in [4.69, 9.17) is 13.9 Å². The zero-order valence-electron chi connectivity index (χ0n) is 18.5. The number of methoxy groups -OCH3 is 1. The first-order valence-corrected chi connectivity index (χ1v) is 11.1. The number of para-hydroxylation sites is 2. The highest BCUT2D eigenvalue weighted by Gasteiger charge is 2.33. The minimum Gasteiger partial charge on any atom is -0.496 e. The predicted octanol–water partition coefficient (Wildman–Crippen LogP) is 5.12. The molecule has 0 unspecified atom stereocenters. The summed E-state index contributed by atoms with van der Waals surface area (Å²) in [6.45, 7) is 2.76. The van der Waals surface area contributed by atoms with Crippen LogP contribution < -0.4 is 10.1 Å². The van der Waals surface area contributed by atoms with Crippen LogP contribution in [0.3, 0.4) is 0 Å². The zero-order chi connectivity index (χ0) is 22.6. The van der Waals surface area contributed by atoms with Gasteiger partial charge in [-0.25, -0.2) is 0 Å². The lowest BCUT2D eigenvalue weighted by Crippen LogP contribution is -2.39. The van der Waals surface area contributed by atoms with Gasteiger partial charge in [-0.05, 0) is 30.3 Å². The van der Waals surface area contributed by atoms with Gasteiger partial charge in [0.1, 0.15) is 11.3 Å². The summed E-state index contributed by atoms with van der Waals surface area (Å²) in [5.41, 5.74) is 2.98. The Labute approximate surface area is 192 Å². The van der Waals surface area contributed by atoms with Crippen LogP contribution in [0.5, 0.6) is 5.75 Å². The van der Waals surface area contributed by atoms with Crippen molar-refractivity contribution in [1.82, 2.24) is 4.90 Å². The van der Waals surface area contributed by atoms with Crippen LogP contribution in [0, 0.1) is 0 Å². The topological polar surface area (TPSA) is 63.9 Å². The molecule has 168 valence electrons. The monoisotopic (exact) mass is 442 g/mol. The number of morpholine rings is 1. The molecule has 0 saturated carbocycles. The lowest BCUT2D eigenvalue weighted by molar-refractivity contribution is 0.0202. The molecule has 4 aromatic rings. The highest BCUT2D eigenvalue weighted by atomic mass is 16.5. The third-order valence-electron chi connectivity index (χ3n) is 5.99. The van der Waals surface area contributed by atoms with Gasteiger partial charge >= 0.3 is 0 Å². The van der Waals surface area contributed by atoms with E-state index in [1.165, 1.54) is 0 Å². The van der Waals surface area contributed by atoms with Crippen LogP contribution in [-0.2, 0) is 4.74 Å². The number of hydrogen-bond acceptors (Lipinski definition) is 5. The van der Waals surface area contributed by atoms with Gasteiger partial charge < -0.3 is 19.2 Å². The van der Waals surface area contributed by atoms with E-state index in [-0.39, 0.29) is 11.9 Å². The summed E-state index contributed by atoms with van der Waals surface area (Å²) < 4.78 is 17.8. The normalized spacial score (nSPS) is 15.3. The smallest absolute Gasteiger partial charge is 0.255 e. The lowest BCUT2D eigenvalue weighted by Gasteiger charge is -2.34. The average molecular weight is 443 g/mol. The van der Waals surface area contributed by atoms with Crippen LogP contribution in [0.4, 0.5) is 5.69 Å². The molecule has 33 heavy (non-hydrogen) atoms. The van der Waals surface area contributed by atoms with Crippen molar-refractivity contribution in [1.29, 1.82) is 0 Å². The Morgan fingerprint density at radius 2 is 1.64 bits per heavy atom. The van der Waals surface area contributed by atoms with E-state index in [2.05, 4.69) is 16.3 Å². The molecular formula is C27H26N2O4. The van der Waals surface area contributed by atoms with E-state index in [9.17, 15) is 4.79 Å². The van der Waals surface area contributed by atoms with Gasteiger partial charge in [-0.1, -0.05) is 48.5 Å². The molecule has 1 aliphatic heterocycles. The van der Waals surface area contributed by atoms with Crippen molar-refractivity contribution in [2.45, 2.75) is 6.04 Å². The maximum atomic E-state index is 13.2. The first-order valence-electron chi connectivity index (χ1n) is 11.1. The van der Waals surface area contributed by atoms with Crippen LogP contribution in [0.1, 0.15) is 27.7 Å². The first-order chi connectivity index (χ1) is 16.3. The summed E-state index contributed by atoms with van der Waals surface area (Å²) in [7, 11) is 1.67. The van der Waals surface area contributed by atoms with Crippen molar-refractivity contribution in [3.63, 3.8) is 0 Å². The number of carbonyl (C=O) groups excluding carboxylic acids is 1. The minimum atomic E-state index is -0.247. The van der Waals surface area contributed by atoms with Gasteiger partial charge in [0.2, 0.25) is 0 Å². The lowest BCUT2D eigenvalue weighted by atomic mass is 9.99. The zero-order valence-corrected chi connectivity index (χ0v) is 18.5. The first kappa shape index (κ1) is 21.2. The van der Waals surface area contributed by atoms with E-state index in [1.807, 2.05) is 60.7 Å². The summed E-state index contributed by atoms with van der Waals surface area (Å²) >= 11 is 0. The third kappa shape index (κ3) is 4.23. The molecule has 0 aliphatic carbocycles. The number of benzene rings is 3. The average Bonchev–Trinajstić information content (AvgIpc) is 3.23. The van der Waals surface area contributed by atoms with Crippen molar-refractivity contribution in [2.75, 3.05) is 38.7 Å². The van der Waals surface area contributed by atoms with Crippen molar-refractivity contribution < 1.29 is 18.7 Å². The highest BCUT2D eigenvalue weighted by molar-refractivity contribution is 6.09. The number of nitrogens with one attached hydrogen (secondary N) is 1. The number of amides is 1. The molecule has 0 spiro atoms. The second kappa shape index (κ2) is 9.48. The summed E-state index contributed by atoms with van der Waals surface area (Å²) in [5, 5.41) is 4.01. The molecular weight excluding hydrogens is 416 g/mol. The number of hydrogen-bond donors (Lipinski definition) is 1. The van der Waals surface area contributed by atoms with E-state index in [0.29, 0.717) is 30.2 Å². The van der Waals surface area contributed by atoms with E-state index in [0.717, 1.165) is 35.4 Å². The quantitative estimate of drug-likeness (QED) is 0.449. The Hall–Kier alpha value is -3.61. The largest absolute Gasteiger partial charge is 0.496 e. The molecule has 6 heteroatoms. The van der Waals surface area contributed by atoms with E-state index >= 15 is 0 Å². The highest BCUT2D eigenvalue weighted by Crippen LogP contribution is 2.43. The number of anilines is 1. The number of nitrogens with zero attached hydrogens (tertiary/aromatic N) is 1. The molecule has 6 nitrogen and oxygen atoms in total. The van der Waals surface area contributed by atoms with Crippen LogP contribution in [0.15, 0.2) is 83.3 Å². The summed E-state index contributed by atoms with van der Waals surface area (Å²) in [6.07, 6.45) is 0. The van der Waals surface area contributed by atoms with E-state index in [1.54, 1.807) is 19.2 Å². The van der Waals surface area contributed by atoms with E-state index < -0.39 is 0 Å². The summed E-state index contributed by atoms with van der Waals surface area (Å²) in [6, 6.07) is 24.7. The molecule has 1 N–H and O–H groups in total. The van der Waals surface area contributed by atoms with Crippen molar-refractivity contribution >= 4 is 22.6 Å². The molecule has 1 atom stereocenters.